The number of rotatable bonds is 6. The first kappa shape index (κ1) is 21.7. The van der Waals surface area contributed by atoms with Gasteiger partial charge in [-0.3, -0.25) is 4.79 Å². The smallest absolute Gasteiger partial charge is 0.328 e. The molecule has 2 aliphatic carbocycles. The standard InChI is InChI=1S/C22H34O5/c1-14(12-20(25)26)6-8-17-15(2)7-9-18-21(17,4)11-10-19(24)22(18,5)13-27-16(3)23/h7,12,17-19,24H,6,8-11,13H2,1-5H3,(H,25,26). The van der Waals surface area contributed by atoms with E-state index in [9.17, 15) is 14.7 Å². The monoisotopic (exact) mass is 378 g/mol. The molecule has 0 aromatic rings. The summed E-state index contributed by atoms with van der Waals surface area (Å²) < 4.78 is 5.36. The van der Waals surface area contributed by atoms with E-state index in [4.69, 9.17) is 9.84 Å². The summed E-state index contributed by atoms with van der Waals surface area (Å²) in [7, 11) is 0. The van der Waals surface area contributed by atoms with Gasteiger partial charge in [0.15, 0.2) is 0 Å². The number of carbonyl (C=O) groups is 2. The van der Waals surface area contributed by atoms with Crippen molar-refractivity contribution in [1.82, 2.24) is 0 Å². The van der Waals surface area contributed by atoms with Gasteiger partial charge in [-0.05, 0) is 63.2 Å². The molecule has 0 aromatic heterocycles. The second-order valence-corrected chi connectivity index (χ2v) is 9.00. The van der Waals surface area contributed by atoms with E-state index in [-0.39, 0.29) is 23.9 Å². The molecule has 1 fully saturated rings. The van der Waals surface area contributed by atoms with Gasteiger partial charge in [0.1, 0.15) is 0 Å². The van der Waals surface area contributed by atoms with Crippen molar-refractivity contribution in [1.29, 1.82) is 0 Å². The summed E-state index contributed by atoms with van der Waals surface area (Å²) in [4.78, 5) is 22.3. The summed E-state index contributed by atoms with van der Waals surface area (Å²) in [5.74, 6) is -0.672. The molecule has 5 heteroatoms. The van der Waals surface area contributed by atoms with Gasteiger partial charge in [-0.25, -0.2) is 4.79 Å². The van der Waals surface area contributed by atoms with Crippen molar-refractivity contribution in [3.63, 3.8) is 0 Å². The summed E-state index contributed by atoms with van der Waals surface area (Å²) in [6.07, 6.45) is 7.19. The van der Waals surface area contributed by atoms with Crippen LogP contribution in [-0.2, 0) is 14.3 Å². The molecule has 0 spiro atoms. The Labute approximate surface area is 162 Å². The Morgan fingerprint density at radius 3 is 2.59 bits per heavy atom. The topological polar surface area (TPSA) is 83.8 Å². The van der Waals surface area contributed by atoms with Crippen LogP contribution in [0.25, 0.3) is 0 Å². The van der Waals surface area contributed by atoms with E-state index in [1.54, 1.807) is 0 Å². The normalized spacial score (nSPS) is 36.6. The van der Waals surface area contributed by atoms with Crippen LogP contribution in [0.5, 0.6) is 0 Å². The zero-order chi connectivity index (χ0) is 20.4. The Balaban J connectivity index is 2.28. The van der Waals surface area contributed by atoms with Gasteiger partial charge in [0.05, 0.1) is 12.7 Å². The summed E-state index contributed by atoms with van der Waals surface area (Å²) in [5, 5.41) is 19.7. The maximum Gasteiger partial charge on any atom is 0.328 e. The first-order valence-corrected chi connectivity index (χ1v) is 9.89. The second kappa shape index (κ2) is 8.17. The van der Waals surface area contributed by atoms with Crippen LogP contribution >= 0.6 is 0 Å². The van der Waals surface area contributed by atoms with Crippen molar-refractivity contribution < 1.29 is 24.5 Å². The summed E-state index contributed by atoms with van der Waals surface area (Å²) in [6, 6.07) is 0. The van der Waals surface area contributed by atoms with E-state index in [1.165, 1.54) is 18.6 Å². The fourth-order valence-corrected chi connectivity index (χ4v) is 5.53. The molecule has 0 radical (unpaired) electrons. The van der Waals surface area contributed by atoms with Crippen LogP contribution in [0.1, 0.15) is 66.7 Å². The Kier molecular flexibility index (Phi) is 6.56. The maximum atomic E-state index is 11.4. The number of carboxylic acids is 1. The van der Waals surface area contributed by atoms with E-state index in [2.05, 4.69) is 19.9 Å². The van der Waals surface area contributed by atoms with Gasteiger partial charge in [-0.1, -0.05) is 31.1 Å². The van der Waals surface area contributed by atoms with Crippen molar-refractivity contribution in [3.8, 4) is 0 Å². The molecule has 2 N–H and O–H groups in total. The minimum absolute atomic E-state index is 0.00351. The molecular weight excluding hydrogens is 344 g/mol. The van der Waals surface area contributed by atoms with Crippen LogP contribution in [0.3, 0.4) is 0 Å². The number of fused-ring (bicyclic) bond motifs is 1. The average Bonchev–Trinajstić information content (AvgIpc) is 2.55. The molecule has 0 bridgehead atoms. The Bertz CT molecular complexity index is 649. The van der Waals surface area contributed by atoms with Crippen molar-refractivity contribution in [2.75, 3.05) is 6.61 Å². The Morgan fingerprint density at radius 2 is 2.00 bits per heavy atom. The van der Waals surface area contributed by atoms with E-state index >= 15 is 0 Å². The molecule has 5 atom stereocenters. The third kappa shape index (κ3) is 4.45. The highest BCUT2D eigenvalue weighted by molar-refractivity contribution is 5.80. The van der Waals surface area contributed by atoms with Gasteiger partial charge in [-0.2, -0.15) is 0 Å². The second-order valence-electron chi connectivity index (χ2n) is 9.00. The van der Waals surface area contributed by atoms with Gasteiger partial charge >= 0.3 is 11.9 Å². The molecule has 5 unspecified atom stereocenters. The zero-order valence-corrected chi connectivity index (χ0v) is 17.2. The molecule has 1 saturated carbocycles. The van der Waals surface area contributed by atoms with Gasteiger partial charge in [0, 0.05) is 18.4 Å². The molecule has 5 nitrogen and oxygen atoms in total. The lowest BCUT2D eigenvalue weighted by atomic mass is 9.47. The van der Waals surface area contributed by atoms with E-state index in [0.717, 1.165) is 31.3 Å². The molecule has 27 heavy (non-hydrogen) atoms. The fraction of sp³-hybridized carbons (Fsp3) is 0.727. The number of aliphatic carboxylic acids is 1. The number of carboxylic acid groups (broad SMARTS) is 1. The molecule has 2 rings (SSSR count). The molecule has 0 aromatic carbocycles. The first-order chi connectivity index (χ1) is 12.5. The van der Waals surface area contributed by atoms with E-state index in [0.29, 0.717) is 12.3 Å². The summed E-state index contributed by atoms with van der Waals surface area (Å²) in [6.45, 7) is 10.0. The average molecular weight is 379 g/mol. The van der Waals surface area contributed by atoms with Crippen LogP contribution in [0.15, 0.2) is 23.3 Å². The van der Waals surface area contributed by atoms with Gasteiger partial charge in [0.2, 0.25) is 0 Å². The zero-order valence-electron chi connectivity index (χ0n) is 17.2. The number of hydrogen-bond donors (Lipinski definition) is 2. The molecule has 0 saturated heterocycles. The van der Waals surface area contributed by atoms with Crippen LogP contribution < -0.4 is 0 Å². The number of aliphatic hydroxyl groups is 1. The Morgan fingerprint density at radius 1 is 1.33 bits per heavy atom. The highest BCUT2D eigenvalue weighted by atomic mass is 16.5. The van der Waals surface area contributed by atoms with Crippen LogP contribution in [0, 0.1) is 22.7 Å². The lowest BCUT2D eigenvalue weighted by Crippen LogP contribution is -2.57. The quantitative estimate of drug-likeness (QED) is 0.413. The van der Waals surface area contributed by atoms with Crippen LogP contribution in [0.2, 0.25) is 0 Å². The lowest BCUT2D eigenvalue weighted by molar-refractivity contribution is -0.169. The third-order valence-corrected chi connectivity index (χ3v) is 7.11. The molecule has 0 heterocycles. The van der Waals surface area contributed by atoms with E-state index in [1.807, 2.05) is 13.8 Å². The minimum atomic E-state index is -0.901. The number of aliphatic hydroxyl groups excluding tert-OH is 1. The fourth-order valence-electron chi connectivity index (χ4n) is 5.53. The van der Waals surface area contributed by atoms with Crippen molar-refractivity contribution in [2.24, 2.45) is 22.7 Å². The van der Waals surface area contributed by atoms with Crippen LogP contribution in [0.4, 0.5) is 0 Å². The predicted octanol–water partition coefficient (Wildman–Crippen LogP) is 4.11. The summed E-state index contributed by atoms with van der Waals surface area (Å²) >= 11 is 0. The highest BCUT2D eigenvalue weighted by Gasteiger charge is 2.57. The van der Waals surface area contributed by atoms with Crippen molar-refractivity contribution >= 4 is 11.9 Å². The van der Waals surface area contributed by atoms with E-state index < -0.39 is 17.5 Å². The van der Waals surface area contributed by atoms with Gasteiger partial charge in [-0.15, -0.1) is 0 Å². The highest BCUT2D eigenvalue weighted by Crippen LogP contribution is 2.60. The number of hydrogen-bond acceptors (Lipinski definition) is 4. The summed E-state index contributed by atoms with van der Waals surface area (Å²) in [5.41, 5.74) is 1.75. The maximum absolute atomic E-state index is 11.4. The molecule has 0 amide bonds. The molecular formula is C22H34O5. The lowest BCUT2D eigenvalue weighted by Gasteiger charge is -2.59. The number of carbonyl (C=O) groups excluding carboxylic acids is 1. The number of allylic oxidation sites excluding steroid dienone is 3. The SMILES string of the molecule is CC(=O)OCC1(C)C(O)CCC2(C)C(CCC(C)=CC(=O)O)C(C)=CCC12. The largest absolute Gasteiger partial charge is 0.478 e. The molecule has 152 valence electrons. The minimum Gasteiger partial charge on any atom is -0.478 e. The predicted molar refractivity (Wildman–Crippen MR) is 104 cm³/mol. The first-order valence-electron chi connectivity index (χ1n) is 9.89. The molecule has 2 aliphatic rings. The van der Waals surface area contributed by atoms with Crippen molar-refractivity contribution in [2.45, 2.75) is 72.8 Å². The van der Waals surface area contributed by atoms with Gasteiger partial charge in [0.25, 0.3) is 0 Å². The molecule has 0 aliphatic heterocycles. The Hall–Kier alpha value is -1.62. The van der Waals surface area contributed by atoms with Gasteiger partial charge < -0.3 is 14.9 Å². The third-order valence-electron chi connectivity index (χ3n) is 7.11. The van der Waals surface area contributed by atoms with Crippen LogP contribution in [-0.4, -0.2) is 34.9 Å². The van der Waals surface area contributed by atoms with Crippen molar-refractivity contribution in [3.05, 3.63) is 23.3 Å². The number of esters is 1. The number of ether oxygens (including phenoxy) is 1.